The minimum atomic E-state index is -0.217. The van der Waals surface area contributed by atoms with Crippen molar-refractivity contribution in [2.24, 2.45) is 0 Å². The third-order valence-electron chi connectivity index (χ3n) is 3.96. The molecule has 1 heterocycles. The third-order valence-corrected chi connectivity index (χ3v) is 3.96. The highest BCUT2D eigenvalue weighted by Gasteiger charge is 2.16. The Bertz CT molecular complexity index is 707. The lowest BCUT2D eigenvalue weighted by molar-refractivity contribution is -0.123. The number of ether oxygens (including phenoxy) is 2. The standard InChI is InChI=1S/C18H19NO4/c20-11-16-15-6-2-1-4-13(15)7-8-17(16)23-12-18(21)19-10-14-5-3-9-22-14/h1-2,4,6-8,11,14H,3,5,9-10,12H2,(H,19,21). The van der Waals surface area contributed by atoms with E-state index in [1.165, 1.54) is 0 Å². The van der Waals surface area contributed by atoms with Crippen LogP contribution in [0.25, 0.3) is 10.8 Å². The molecule has 0 bridgehead atoms. The summed E-state index contributed by atoms with van der Waals surface area (Å²) in [5.74, 6) is 0.205. The van der Waals surface area contributed by atoms with Gasteiger partial charge in [0.15, 0.2) is 12.9 Å². The zero-order valence-electron chi connectivity index (χ0n) is 12.8. The van der Waals surface area contributed by atoms with Crippen LogP contribution in [0.4, 0.5) is 0 Å². The molecule has 5 nitrogen and oxygen atoms in total. The molecule has 1 N–H and O–H groups in total. The molecule has 0 aromatic heterocycles. The van der Waals surface area contributed by atoms with Crippen molar-refractivity contribution in [1.82, 2.24) is 5.32 Å². The Morgan fingerprint density at radius 3 is 2.96 bits per heavy atom. The molecule has 1 aliphatic rings. The molecule has 120 valence electrons. The quantitative estimate of drug-likeness (QED) is 0.831. The summed E-state index contributed by atoms with van der Waals surface area (Å²) in [5.41, 5.74) is 0.468. The van der Waals surface area contributed by atoms with Gasteiger partial charge in [0.1, 0.15) is 5.75 Å². The SMILES string of the molecule is O=Cc1c(OCC(=O)NCC2CCCO2)ccc2ccccc12. The van der Waals surface area contributed by atoms with Gasteiger partial charge in [0.05, 0.1) is 11.7 Å². The smallest absolute Gasteiger partial charge is 0.258 e. The molecular formula is C18H19NO4. The molecule has 0 spiro atoms. The summed E-state index contributed by atoms with van der Waals surface area (Å²) in [6.45, 7) is 1.14. The lowest BCUT2D eigenvalue weighted by Crippen LogP contribution is -2.35. The molecule has 1 atom stereocenters. The Labute approximate surface area is 134 Å². The van der Waals surface area contributed by atoms with E-state index in [0.717, 1.165) is 36.5 Å². The van der Waals surface area contributed by atoms with E-state index in [9.17, 15) is 9.59 Å². The number of benzene rings is 2. The van der Waals surface area contributed by atoms with E-state index in [4.69, 9.17) is 9.47 Å². The van der Waals surface area contributed by atoms with Crippen LogP contribution in [0.1, 0.15) is 23.2 Å². The van der Waals surface area contributed by atoms with Crippen molar-refractivity contribution in [2.45, 2.75) is 18.9 Å². The Morgan fingerprint density at radius 1 is 1.30 bits per heavy atom. The van der Waals surface area contributed by atoms with Gasteiger partial charge in [-0.05, 0) is 29.7 Å². The van der Waals surface area contributed by atoms with Crippen LogP contribution in [-0.4, -0.2) is 38.1 Å². The number of hydrogen-bond acceptors (Lipinski definition) is 4. The lowest BCUT2D eigenvalue weighted by atomic mass is 10.0. The molecule has 1 unspecified atom stereocenters. The fourth-order valence-corrected chi connectivity index (χ4v) is 2.75. The molecular weight excluding hydrogens is 294 g/mol. The molecule has 0 aliphatic carbocycles. The number of nitrogens with one attached hydrogen (secondary N) is 1. The number of amides is 1. The molecule has 1 fully saturated rings. The van der Waals surface area contributed by atoms with E-state index in [1.807, 2.05) is 30.3 Å². The van der Waals surface area contributed by atoms with Gasteiger partial charge in [0.25, 0.3) is 5.91 Å². The zero-order chi connectivity index (χ0) is 16.1. The van der Waals surface area contributed by atoms with Crippen LogP contribution in [0.3, 0.4) is 0 Å². The Morgan fingerprint density at radius 2 is 2.17 bits per heavy atom. The van der Waals surface area contributed by atoms with Crippen LogP contribution in [-0.2, 0) is 9.53 Å². The molecule has 23 heavy (non-hydrogen) atoms. The van der Waals surface area contributed by atoms with Crippen molar-refractivity contribution in [1.29, 1.82) is 0 Å². The van der Waals surface area contributed by atoms with E-state index in [0.29, 0.717) is 17.9 Å². The average Bonchev–Trinajstić information content (AvgIpc) is 3.11. The van der Waals surface area contributed by atoms with Crippen molar-refractivity contribution in [3.8, 4) is 5.75 Å². The second-order valence-electron chi connectivity index (χ2n) is 5.54. The van der Waals surface area contributed by atoms with E-state index < -0.39 is 0 Å². The molecule has 2 aromatic rings. The lowest BCUT2D eigenvalue weighted by Gasteiger charge is -2.13. The first-order valence-electron chi connectivity index (χ1n) is 7.76. The molecule has 0 saturated carbocycles. The highest BCUT2D eigenvalue weighted by atomic mass is 16.5. The summed E-state index contributed by atoms with van der Waals surface area (Å²) >= 11 is 0. The van der Waals surface area contributed by atoms with Gasteiger partial charge in [-0.25, -0.2) is 0 Å². The van der Waals surface area contributed by atoms with Gasteiger partial charge in [-0.15, -0.1) is 0 Å². The van der Waals surface area contributed by atoms with Crippen molar-refractivity contribution in [2.75, 3.05) is 19.8 Å². The van der Waals surface area contributed by atoms with Crippen LogP contribution >= 0.6 is 0 Å². The van der Waals surface area contributed by atoms with Crippen LogP contribution < -0.4 is 10.1 Å². The van der Waals surface area contributed by atoms with E-state index in [2.05, 4.69) is 5.32 Å². The summed E-state index contributed by atoms with van der Waals surface area (Å²) in [5, 5.41) is 4.57. The maximum absolute atomic E-state index is 11.9. The summed E-state index contributed by atoms with van der Waals surface area (Å²) in [6, 6.07) is 11.2. The minimum absolute atomic E-state index is 0.102. The van der Waals surface area contributed by atoms with E-state index in [-0.39, 0.29) is 18.6 Å². The average molecular weight is 313 g/mol. The first-order chi connectivity index (χ1) is 11.3. The topological polar surface area (TPSA) is 64.6 Å². The molecule has 1 aliphatic heterocycles. The monoisotopic (exact) mass is 313 g/mol. The first-order valence-corrected chi connectivity index (χ1v) is 7.76. The van der Waals surface area contributed by atoms with Gasteiger partial charge in [-0.3, -0.25) is 9.59 Å². The fourth-order valence-electron chi connectivity index (χ4n) is 2.75. The predicted molar refractivity (Wildman–Crippen MR) is 86.8 cm³/mol. The van der Waals surface area contributed by atoms with Gasteiger partial charge in [0, 0.05) is 13.2 Å². The summed E-state index contributed by atoms with van der Waals surface area (Å²) < 4.78 is 11.0. The van der Waals surface area contributed by atoms with Gasteiger partial charge >= 0.3 is 0 Å². The third kappa shape index (κ3) is 3.68. The first kappa shape index (κ1) is 15.5. The van der Waals surface area contributed by atoms with Crippen molar-refractivity contribution < 1.29 is 19.1 Å². The Hall–Kier alpha value is -2.40. The zero-order valence-corrected chi connectivity index (χ0v) is 12.8. The highest BCUT2D eigenvalue weighted by molar-refractivity contribution is 6.00. The fraction of sp³-hybridized carbons (Fsp3) is 0.333. The van der Waals surface area contributed by atoms with Crippen LogP contribution in [0, 0.1) is 0 Å². The van der Waals surface area contributed by atoms with E-state index >= 15 is 0 Å². The van der Waals surface area contributed by atoms with Crippen LogP contribution in [0.5, 0.6) is 5.75 Å². The van der Waals surface area contributed by atoms with Gasteiger partial charge in [-0.2, -0.15) is 0 Å². The van der Waals surface area contributed by atoms with Crippen molar-refractivity contribution in [3.63, 3.8) is 0 Å². The molecule has 1 saturated heterocycles. The summed E-state index contributed by atoms with van der Waals surface area (Å²) in [4.78, 5) is 23.2. The van der Waals surface area contributed by atoms with Gasteiger partial charge in [0.2, 0.25) is 0 Å². The second-order valence-corrected chi connectivity index (χ2v) is 5.54. The Balaban J connectivity index is 1.62. The van der Waals surface area contributed by atoms with Crippen LogP contribution in [0.15, 0.2) is 36.4 Å². The maximum atomic E-state index is 11.9. The summed E-state index contributed by atoms with van der Waals surface area (Å²) in [6.07, 6.45) is 2.88. The van der Waals surface area contributed by atoms with Gasteiger partial charge < -0.3 is 14.8 Å². The number of rotatable bonds is 6. The molecule has 1 amide bonds. The molecule has 2 aromatic carbocycles. The highest BCUT2D eigenvalue weighted by Crippen LogP contribution is 2.26. The van der Waals surface area contributed by atoms with Crippen molar-refractivity contribution in [3.05, 3.63) is 42.0 Å². The predicted octanol–water partition coefficient (Wildman–Crippen LogP) is 2.33. The number of aldehydes is 1. The summed E-state index contributed by atoms with van der Waals surface area (Å²) in [7, 11) is 0. The number of carbonyl (C=O) groups excluding carboxylic acids is 2. The van der Waals surface area contributed by atoms with E-state index in [1.54, 1.807) is 6.07 Å². The van der Waals surface area contributed by atoms with Crippen molar-refractivity contribution >= 4 is 23.0 Å². The normalized spacial score (nSPS) is 17.1. The second kappa shape index (κ2) is 7.24. The largest absolute Gasteiger partial charge is 0.483 e. The number of hydrogen-bond donors (Lipinski definition) is 1. The molecule has 3 rings (SSSR count). The van der Waals surface area contributed by atoms with Crippen LogP contribution in [0.2, 0.25) is 0 Å². The van der Waals surface area contributed by atoms with Gasteiger partial charge in [-0.1, -0.05) is 30.3 Å². The molecule has 0 radical (unpaired) electrons. The number of fused-ring (bicyclic) bond motifs is 1. The maximum Gasteiger partial charge on any atom is 0.258 e. The number of carbonyl (C=O) groups is 2. The minimum Gasteiger partial charge on any atom is -0.483 e. The Kier molecular flexibility index (Phi) is 4.88. The molecule has 5 heteroatoms.